The van der Waals surface area contributed by atoms with Gasteiger partial charge in [0.1, 0.15) is 0 Å². The van der Waals surface area contributed by atoms with Crippen molar-refractivity contribution in [2.75, 3.05) is 6.61 Å². The molecule has 0 aromatic carbocycles. The molecule has 2 heteroatoms. The van der Waals surface area contributed by atoms with Crippen LogP contribution in [0.3, 0.4) is 0 Å². The molecule has 4 atom stereocenters. The van der Waals surface area contributed by atoms with Gasteiger partial charge in [0.25, 0.3) is 0 Å². The Morgan fingerprint density at radius 2 is 2.13 bits per heavy atom. The second kappa shape index (κ2) is 2.33. The molecule has 0 radical (unpaired) electrons. The molecule has 0 bridgehead atoms. The van der Waals surface area contributed by atoms with E-state index in [0.717, 1.165) is 18.4 Å². The van der Waals surface area contributed by atoms with E-state index in [1.54, 1.807) is 0 Å². The Hall–Kier alpha value is -0.340. The molecule has 0 saturated heterocycles. The Morgan fingerprint density at radius 3 is 2.67 bits per heavy atom. The molecule has 3 aliphatic rings. The fourth-order valence-electron chi connectivity index (χ4n) is 4.57. The molecule has 0 amide bonds. The minimum absolute atomic E-state index is 0.0228. The van der Waals surface area contributed by atoms with Crippen LogP contribution in [0.15, 0.2) is 12.2 Å². The summed E-state index contributed by atoms with van der Waals surface area (Å²) in [6.07, 6.45) is 2.82. The first-order valence-electron chi connectivity index (χ1n) is 5.90. The number of fused-ring (bicyclic) bond motifs is 3. The van der Waals surface area contributed by atoms with E-state index >= 15 is 0 Å². The SMILES string of the molecule is C=C1C(C)(C)C[C@]2(O)C[C@H]3C[C@H]3[C@]12CO. The third-order valence-corrected chi connectivity index (χ3v) is 5.33. The second-order valence-electron chi connectivity index (χ2n) is 6.51. The summed E-state index contributed by atoms with van der Waals surface area (Å²) in [7, 11) is 0. The van der Waals surface area contributed by atoms with Crippen LogP contribution in [-0.2, 0) is 0 Å². The molecule has 0 aliphatic heterocycles. The summed E-state index contributed by atoms with van der Waals surface area (Å²) >= 11 is 0. The summed E-state index contributed by atoms with van der Waals surface area (Å²) in [6, 6.07) is 0. The van der Waals surface area contributed by atoms with Gasteiger partial charge < -0.3 is 10.2 Å². The Balaban J connectivity index is 2.13. The molecule has 0 unspecified atom stereocenters. The maximum Gasteiger partial charge on any atom is 0.0776 e. The predicted molar refractivity (Wildman–Crippen MR) is 58.2 cm³/mol. The number of aliphatic hydroxyl groups is 2. The summed E-state index contributed by atoms with van der Waals surface area (Å²) < 4.78 is 0. The second-order valence-corrected chi connectivity index (χ2v) is 6.51. The smallest absolute Gasteiger partial charge is 0.0776 e. The van der Waals surface area contributed by atoms with E-state index in [2.05, 4.69) is 20.4 Å². The number of hydrogen-bond acceptors (Lipinski definition) is 2. The predicted octanol–water partition coefficient (Wildman–Crippen LogP) is 1.72. The van der Waals surface area contributed by atoms with Crippen molar-refractivity contribution in [1.29, 1.82) is 0 Å². The van der Waals surface area contributed by atoms with E-state index in [1.165, 1.54) is 6.42 Å². The maximum absolute atomic E-state index is 10.8. The Labute approximate surface area is 91.0 Å². The van der Waals surface area contributed by atoms with E-state index in [4.69, 9.17) is 0 Å². The molecule has 3 rings (SSSR count). The minimum Gasteiger partial charge on any atom is -0.395 e. The highest BCUT2D eigenvalue weighted by Crippen LogP contribution is 2.76. The van der Waals surface area contributed by atoms with E-state index in [-0.39, 0.29) is 17.4 Å². The van der Waals surface area contributed by atoms with Crippen LogP contribution in [-0.4, -0.2) is 22.4 Å². The van der Waals surface area contributed by atoms with Gasteiger partial charge in [0.2, 0.25) is 0 Å². The lowest BCUT2D eigenvalue weighted by atomic mass is 9.70. The number of aliphatic hydroxyl groups excluding tert-OH is 1. The van der Waals surface area contributed by atoms with Gasteiger partial charge in [-0.3, -0.25) is 0 Å². The van der Waals surface area contributed by atoms with Crippen LogP contribution in [0.1, 0.15) is 33.1 Å². The normalized spacial score (nSPS) is 55.3. The first kappa shape index (κ1) is 9.86. The van der Waals surface area contributed by atoms with Crippen molar-refractivity contribution < 1.29 is 10.2 Å². The molecule has 0 aromatic heterocycles. The van der Waals surface area contributed by atoms with Crippen molar-refractivity contribution in [3.8, 4) is 0 Å². The monoisotopic (exact) mass is 208 g/mol. The lowest BCUT2D eigenvalue weighted by Gasteiger charge is -2.38. The quantitative estimate of drug-likeness (QED) is 0.644. The summed E-state index contributed by atoms with van der Waals surface area (Å²) in [5.41, 5.74) is 0.0206. The molecular formula is C13H20O2. The van der Waals surface area contributed by atoms with Gasteiger partial charge in [-0.15, -0.1) is 0 Å². The highest BCUT2D eigenvalue weighted by Gasteiger charge is 2.75. The largest absolute Gasteiger partial charge is 0.395 e. The van der Waals surface area contributed by atoms with Gasteiger partial charge >= 0.3 is 0 Å². The number of rotatable bonds is 1. The fraction of sp³-hybridized carbons (Fsp3) is 0.846. The lowest BCUT2D eigenvalue weighted by molar-refractivity contribution is -0.0677. The van der Waals surface area contributed by atoms with Gasteiger partial charge in [-0.05, 0) is 36.5 Å². The van der Waals surface area contributed by atoms with Crippen LogP contribution < -0.4 is 0 Å². The van der Waals surface area contributed by atoms with Gasteiger partial charge in [0.15, 0.2) is 0 Å². The van der Waals surface area contributed by atoms with Crippen LogP contribution in [0.2, 0.25) is 0 Å². The van der Waals surface area contributed by atoms with Crippen molar-refractivity contribution in [2.45, 2.75) is 38.7 Å². The first-order valence-corrected chi connectivity index (χ1v) is 5.90. The Bertz CT molecular complexity index is 346. The van der Waals surface area contributed by atoms with E-state index in [1.807, 2.05) is 0 Å². The van der Waals surface area contributed by atoms with Gasteiger partial charge in [0.05, 0.1) is 12.2 Å². The van der Waals surface area contributed by atoms with Gasteiger partial charge in [-0.25, -0.2) is 0 Å². The Kier molecular flexibility index (Phi) is 1.53. The standard InChI is InChI=1S/C13H20O2/c1-8-11(2,3)6-12(15)5-9-4-10(9)13(8,12)7-14/h9-10,14-15H,1,4-7H2,2-3H3/t9-,10-,12-,13+/m1/s1. The number of hydrogen-bond donors (Lipinski definition) is 2. The molecular weight excluding hydrogens is 188 g/mol. The van der Waals surface area contributed by atoms with Crippen LogP contribution in [0.25, 0.3) is 0 Å². The summed E-state index contributed by atoms with van der Waals surface area (Å²) in [5.74, 6) is 1.15. The molecule has 0 aromatic rings. The molecule has 3 saturated carbocycles. The highest BCUT2D eigenvalue weighted by molar-refractivity contribution is 5.39. The van der Waals surface area contributed by atoms with Crippen LogP contribution in [0.5, 0.6) is 0 Å². The maximum atomic E-state index is 10.8. The third-order valence-electron chi connectivity index (χ3n) is 5.33. The van der Waals surface area contributed by atoms with Crippen molar-refractivity contribution in [2.24, 2.45) is 22.7 Å². The summed E-state index contributed by atoms with van der Waals surface area (Å²) in [5, 5.41) is 20.5. The molecule has 3 fully saturated rings. The summed E-state index contributed by atoms with van der Waals surface area (Å²) in [6.45, 7) is 8.55. The zero-order valence-corrected chi connectivity index (χ0v) is 9.58. The highest BCUT2D eigenvalue weighted by atomic mass is 16.3. The first-order chi connectivity index (χ1) is 6.87. The molecule has 0 spiro atoms. The minimum atomic E-state index is -0.671. The zero-order valence-electron chi connectivity index (χ0n) is 9.58. The molecule has 3 aliphatic carbocycles. The van der Waals surface area contributed by atoms with Crippen LogP contribution in [0, 0.1) is 22.7 Å². The van der Waals surface area contributed by atoms with E-state index in [9.17, 15) is 10.2 Å². The van der Waals surface area contributed by atoms with Crippen molar-refractivity contribution in [1.82, 2.24) is 0 Å². The van der Waals surface area contributed by atoms with Crippen LogP contribution in [0.4, 0.5) is 0 Å². The third kappa shape index (κ3) is 0.853. The van der Waals surface area contributed by atoms with Gasteiger partial charge in [-0.1, -0.05) is 26.0 Å². The molecule has 15 heavy (non-hydrogen) atoms. The molecule has 84 valence electrons. The summed E-state index contributed by atoms with van der Waals surface area (Å²) in [4.78, 5) is 0. The lowest BCUT2D eigenvalue weighted by Crippen LogP contribution is -2.45. The molecule has 2 nitrogen and oxygen atoms in total. The van der Waals surface area contributed by atoms with Crippen molar-refractivity contribution >= 4 is 0 Å². The van der Waals surface area contributed by atoms with Gasteiger partial charge in [-0.2, -0.15) is 0 Å². The van der Waals surface area contributed by atoms with E-state index < -0.39 is 5.60 Å². The van der Waals surface area contributed by atoms with Gasteiger partial charge in [0, 0.05) is 5.41 Å². The molecule has 2 N–H and O–H groups in total. The van der Waals surface area contributed by atoms with Crippen molar-refractivity contribution in [3.05, 3.63) is 12.2 Å². The van der Waals surface area contributed by atoms with Crippen molar-refractivity contribution in [3.63, 3.8) is 0 Å². The zero-order chi connectivity index (χ0) is 11.1. The topological polar surface area (TPSA) is 40.5 Å². The van der Waals surface area contributed by atoms with E-state index in [0.29, 0.717) is 11.8 Å². The fourth-order valence-corrected chi connectivity index (χ4v) is 4.57. The average Bonchev–Trinajstić information content (AvgIpc) is 2.76. The van der Waals surface area contributed by atoms with Crippen LogP contribution >= 0.6 is 0 Å². The Morgan fingerprint density at radius 1 is 1.47 bits per heavy atom. The molecule has 0 heterocycles. The average molecular weight is 208 g/mol.